The van der Waals surface area contributed by atoms with Crippen LogP contribution in [-0.4, -0.2) is 54.7 Å². The predicted molar refractivity (Wildman–Crippen MR) is 82.8 cm³/mol. The van der Waals surface area contributed by atoms with Crippen LogP contribution < -0.4 is 0 Å². The first-order valence-electron chi connectivity index (χ1n) is 7.59. The molecule has 0 spiro atoms. The molecule has 20 heavy (non-hydrogen) atoms. The minimum absolute atomic E-state index is 0.219. The van der Waals surface area contributed by atoms with Crippen molar-refractivity contribution in [3.05, 3.63) is 12.2 Å². The van der Waals surface area contributed by atoms with E-state index in [1.54, 1.807) is 4.90 Å². The maximum absolute atomic E-state index is 12.0. The monoisotopic (exact) mass is 282 g/mol. The first kappa shape index (κ1) is 17.0. The van der Waals surface area contributed by atoms with Crippen LogP contribution in [0, 0.1) is 5.92 Å². The van der Waals surface area contributed by atoms with Crippen molar-refractivity contribution in [1.29, 1.82) is 0 Å². The molecular formula is C16H30N2O2. The lowest BCUT2D eigenvalue weighted by atomic mass is 9.97. The van der Waals surface area contributed by atoms with E-state index in [9.17, 15) is 4.79 Å². The molecule has 1 saturated heterocycles. The minimum Gasteiger partial charge on any atom is -0.444 e. The molecule has 1 aliphatic rings. The molecule has 0 saturated carbocycles. The first-order chi connectivity index (χ1) is 9.31. The lowest BCUT2D eigenvalue weighted by molar-refractivity contribution is 0.0246. The molecule has 116 valence electrons. The molecule has 1 aliphatic heterocycles. The first-order valence-corrected chi connectivity index (χ1v) is 7.59. The van der Waals surface area contributed by atoms with Gasteiger partial charge in [-0.3, -0.25) is 4.90 Å². The van der Waals surface area contributed by atoms with Crippen LogP contribution in [0.4, 0.5) is 4.79 Å². The maximum atomic E-state index is 12.0. The van der Waals surface area contributed by atoms with Gasteiger partial charge in [0.05, 0.1) is 0 Å². The van der Waals surface area contributed by atoms with Crippen LogP contribution in [-0.2, 0) is 4.74 Å². The summed E-state index contributed by atoms with van der Waals surface area (Å²) in [6.45, 7) is 11.8. The molecule has 1 atom stereocenters. The fourth-order valence-corrected chi connectivity index (χ4v) is 2.52. The molecule has 0 radical (unpaired) electrons. The van der Waals surface area contributed by atoms with Crippen LogP contribution in [0.15, 0.2) is 12.2 Å². The van der Waals surface area contributed by atoms with Gasteiger partial charge >= 0.3 is 6.09 Å². The summed E-state index contributed by atoms with van der Waals surface area (Å²) in [5, 5.41) is 0. The van der Waals surface area contributed by atoms with Gasteiger partial charge in [-0.15, -0.1) is 0 Å². The third-order valence-corrected chi connectivity index (χ3v) is 3.44. The van der Waals surface area contributed by atoms with Crippen molar-refractivity contribution in [3.8, 4) is 0 Å². The van der Waals surface area contributed by atoms with E-state index in [1.807, 2.05) is 27.8 Å². The number of rotatable bonds is 4. The second-order valence-corrected chi connectivity index (χ2v) is 6.70. The third-order valence-electron chi connectivity index (χ3n) is 3.44. The normalized spacial score (nSPS) is 21.1. The van der Waals surface area contributed by atoms with Crippen LogP contribution in [0.1, 0.15) is 40.5 Å². The van der Waals surface area contributed by atoms with Gasteiger partial charge in [0, 0.05) is 26.7 Å². The van der Waals surface area contributed by atoms with E-state index in [1.165, 1.54) is 12.8 Å². The Kier molecular flexibility index (Phi) is 6.53. The molecule has 0 N–H and O–H groups in total. The van der Waals surface area contributed by atoms with Gasteiger partial charge in [-0.1, -0.05) is 12.2 Å². The Labute approximate surface area is 123 Å². The Morgan fingerprint density at radius 3 is 2.75 bits per heavy atom. The van der Waals surface area contributed by atoms with Crippen LogP contribution in [0.2, 0.25) is 0 Å². The van der Waals surface area contributed by atoms with Crippen LogP contribution in [0.5, 0.6) is 0 Å². The maximum Gasteiger partial charge on any atom is 0.410 e. The van der Waals surface area contributed by atoms with Gasteiger partial charge in [-0.05, 0) is 53.0 Å². The summed E-state index contributed by atoms with van der Waals surface area (Å²) in [6, 6.07) is 0. The van der Waals surface area contributed by atoms with Gasteiger partial charge < -0.3 is 9.64 Å². The number of hydrogen-bond donors (Lipinski definition) is 0. The topological polar surface area (TPSA) is 32.8 Å². The van der Waals surface area contributed by atoms with Gasteiger partial charge in [0.15, 0.2) is 0 Å². The third kappa shape index (κ3) is 6.42. The largest absolute Gasteiger partial charge is 0.444 e. The van der Waals surface area contributed by atoms with E-state index in [0.717, 1.165) is 26.2 Å². The lowest BCUT2D eigenvalue weighted by Crippen LogP contribution is -2.43. The fraction of sp³-hybridized carbons (Fsp3) is 0.812. The van der Waals surface area contributed by atoms with Crippen molar-refractivity contribution in [2.24, 2.45) is 5.92 Å². The summed E-state index contributed by atoms with van der Waals surface area (Å²) in [5.41, 5.74) is -0.421. The number of carbonyl (C=O) groups excluding carboxylic acids is 1. The van der Waals surface area contributed by atoms with Crippen LogP contribution in [0.3, 0.4) is 0 Å². The molecule has 1 unspecified atom stereocenters. The Hall–Kier alpha value is -1.03. The van der Waals surface area contributed by atoms with E-state index in [0.29, 0.717) is 5.92 Å². The Bertz CT molecular complexity index is 334. The molecule has 4 heteroatoms. The number of likely N-dealkylation sites (tertiary alicyclic amines) is 1. The summed E-state index contributed by atoms with van der Waals surface area (Å²) in [7, 11) is 1.83. The molecule has 0 aromatic rings. The van der Waals surface area contributed by atoms with Gasteiger partial charge in [-0.25, -0.2) is 4.79 Å². The van der Waals surface area contributed by atoms with Crippen LogP contribution >= 0.6 is 0 Å². The lowest BCUT2D eigenvalue weighted by Gasteiger charge is -2.34. The second-order valence-electron chi connectivity index (χ2n) is 6.70. The van der Waals surface area contributed by atoms with Crippen molar-refractivity contribution in [1.82, 2.24) is 9.80 Å². The molecule has 1 fully saturated rings. The highest BCUT2D eigenvalue weighted by atomic mass is 16.6. The smallest absolute Gasteiger partial charge is 0.410 e. The Morgan fingerprint density at radius 1 is 1.45 bits per heavy atom. The van der Waals surface area contributed by atoms with Gasteiger partial charge in [0.2, 0.25) is 0 Å². The van der Waals surface area contributed by atoms with Crippen molar-refractivity contribution < 1.29 is 9.53 Å². The molecule has 1 heterocycles. The molecule has 0 aliphatic carbocycles. The summed E-state index contributed by atoms with van der Waals surface area (Å²) < 4.78 is 5.39. The van der Waals surface area contributed by atoms with Gasteiger partial charge in [0.25, 0.3) is 0 Å². The number of piperidine rings is 1. The van der Waals surface area contributed by atoms with E-state index in [4.69, 9.17) is 4.74 Å². The van der Waals surface area contributed by atoms with Crippen molar-refractivity contribution in [2.75, 3.05) is 33.2 Å². The van der Waals surface area contributed by atoms with Crippen molar-refractivity contribution in [3.63, 3.8) is 0 Å². The van der Waals surface area contributed by atoms with E-state index in [-0.39, 0.29) is 6.09 Å². The zero-order chi connectivity index (χ0) is 15.2. The SMILES string of the molecule is CC=CCN1CCCC(CN(C)C(=O)OC(C)(C)C)C1. The van der Waals surface area contributed by atoms with E-state index in [2.05, 4.69) is 24.0 Å². The highest BCUT2D eigenvalue weighted by Gasteiger charge is 2.24. The molecule has 0 aromatic carbocycles. The van der Waals surface area contributed by atoms with Crippen molar-refractivity contribution >= 4 is 6.09 Å². The van der Waals surface area contributed by atoms with Crippen molar-refractivity contribution in [2.45, 2.75) is 46.1 Å². The Morgan fingerprint density at radius 2 is 2.15 bits per heavy atom. The number of carbonyl (C=O) groups is 1. The molecule has 0 aromatic heterocycles. The van der Waals surface area contributed by atoms with Gasteiger partial charge in [-0.2, -0.15) is 0 Å². The zero-order valence-electron chi connectivity index (χ0n) is 13.7. The summed E-state index contributed by atoms with van der Waals surface area (Å²) in [4.78, 5) is 16.1. The van der Waals surface area contributed by atoms with Crippen LogP contribution in [0.25, 0.3) is 0 Å². The summed E-state index contributed by atoms with van der Waals surface area (Å²) in [5.74, 6) is 0.548. The number of amides is 1. The Balaban J connectivity index is 2.41. The highest BCUT2D eigenvalue weighted by molar-refractivity contribution is 5.67. The summed E-state index contributed by atoms with van der Waals surface area (Å²) in [6.07, 6.45) is 6.48. The standard InChI is InChI=1S/C16H30N2O2/c1-6-7-10-18-11-8-9-14(13-18)12-17(5)15(19)20-16(2,3)4/h6-7,14H,8-13H2,1-5H3. The number of hydrogen-bond acceptors (Lipinski definition) is 3. The zero-order valence-corrected chi connectivity index (χ0v) is 13.7. The average molecular weight is 282 g/mol. The molecule has 1 rings (SSSR count). The number of allylic oxidation sites excluding steroid dienone is 1. The predicted octanol–water partition coefficient (Wildman–Crippen LogP) is 3.14. The molecule has 1 amide bonds. The average Bonchev–Trinajstić information content (AvgIpc) is 2.34. The fourth-order valence-electron chi connectivity index (χ4n) is 2.52. The quantitative estimate of drug-likeness (QED) is 0.743. The molecule has 0 bridgehead atoms. The highest BCUT2D eigenvalue weighted by Crippen LogP contribution is 2.18. The number of ether oxygens (including phenoxy) is 1. The molecule has 4 nitrogen and oxygen atoms in total. The van der Waals surface area contributed by atoms with E-state index >= 15 is 0 Å². The van der Waals surface area contributed by atoms with E-state index < -0.39 is 5.60 Å². The van der Waals surface area contributed by atoms with Gasteiger partial charge in [0.1, 0.15) is 5.60 Å². The number of nitrogens with zero attached hydrogens (tertiary/aromatic N) is 2. The second kappa shape index (κ2) is 7.67. The minimum atomic E-state index is -0.421. The molecular weight excluding hydrogens is 252 g/mol. The summed E-state index contributed by atoms with van der Waals surface area (Å²) >= 11 is 0.